The molecule has 4 aromatic rings. The van der Waals surface area contributed by atoms with Crippen molar-refractivity contribution in [3.8, 4) is 16.9 Å². The first kappa shape index (κ1) is 16.4. The van der Waals surface area contributed by atoms with Gasteiger partial charge in [0.05, 0.1) is 11.7 Å². The van der Waals surface area contributed by atoms with E-state index in [-0.39, 0.29) is 6.10 Å². The molecular formula is C22H21N3O. The van der Waals surface area contributed by atoms with Gasteiger partial charge in [0.25, 0.3) is 0 Å². The molecule has 1 aromatic heterocycles. The maximum absolute atomic E-state index is 6.38. The maximum Gasteiger partial charge on any atom is 0.136 e. The van der Waals surface area contributed by atoms with Gasteiger partial charge in [0.1, 0.15) is 11.9 Å². The second-order valence-electron chi connectivity index (χ2n) is 6.39. The summed E-state index contributed by atoms with van der Waals surface area (Å²) in [5, 5.41) is 8.27. The number of aromatic nitrogens is 2. The normalized spacial score (nSPS) is 12.2. The molecule has 4 nitrogen and oxygen atoms in total. The molecule has 0 spiro atoms. The highest BCUT2D eigenvalue weighted by atomic mass is 16.5. The molecule has 0 aliphatic rings. The summed E-state index contributed by atoms with van der Waals surface area (Å²) in [6, 6.07) is 22.5. The van der Waals surface area contributed by atoms with Gasteiger partial charge in [-0.1, -0.05) is 60.2 Å². The Morgan fingerprint density at radius 1 is 1.00 bits per heavy atom. The lowest BCUT2D eigenvalue weighted by atomic mass is 9.99. The van der Waals surface area contributed by atoms with Crippen LogP contribution < -0.4 is 10.5 Å². The zero-order chi connectivity index (χ0) is 17.9. The van der Waals surface area contributed by atoms with Gasteiger partial charge < -0.3 is 10.5 Å². The summed E-state index contributed by atoms with van der Waals surface area (Å²) in [5.74, 6) is 0.807. The van der Waals surface area contributed by atoms with Gasteiger partial charge in [-0.25, -0.2) is 0 Å². The quantitative estimate of drug-likeness (QED) is 0.556. The van der Waals surface area contributed by atoms with Crippen LogP contribution in [0.5, 0.6) is 5.75 Å². The van der Waals surface area contributed by atoms with Crippen LogP contribution in [0, 0.1) is 6.92 Å². The molecule has 0 bridgehead atoms. The molecule has 1 heterocycles. The summed E-state index contributed by atoms with van der Waals surface area (Å²) in [7, 11) is 0. The van der Waals surface area contributed by atoms with Crippen molar-refractivity contribution in [2.75, 3.05) is 6.54 Å². The van der Waals surface area contributed by atoms with Gasteiger partial charge in [-0.05, 0) is 30.2 Å². The average molecular weight is 343 g/mol. The second-order valence-corrected chi connectivity index (χ2v) is 6.39. The van der Waals surface area contributed by atoms with Crippen LogP contribution in [0.25, 0.3) is 22.0 Å². The number of nitrogens with two attached hydrogens (primary N) is 1. The van der Waals surface area contributed by atoms with E-state index in [9.17, 15) is 0 Å². The molecule has 26 heavy (non-hydrogen) atoms. The Balaban J connectivity index is 1.82. The molecule has 0 amide bonds. The van der Waals surface area contributed by atoms with Gasteiger partial charge in [0.2, 0.25) is 0 Å². The third-order valence-electron chi connectivity index (χ3n) is 4.58. The lowest BCUT2D eigenvalue weighted by Gasteiger charge is -2.21. The minimum Gasteiger partial charge on any atom is -0.484 e. The summed E-state index contributed by atoms with van der Waals surface area (Å²) in [4.78, 5) is 0. The van der Waals surface area contributed by atoms with Crippen LogP contribution in [0.4, 0.5) is 0 Å². The molecule has 0 fully saturated rings. The number of H-pyrrole nitrogens is 1. The molecule has 4 rings (SSSR count). The molecule has 1 atom stereocenters. The molecule has 0 aliphatic heterocycles. The predicted octanol–water partition coefficient (Wildman–Crippen LogP) is 4.62. The fourth-order valence-electron chi connectivity index (χ4n) is 3.19. The Kier molecular flexibility index (Phi) is 4.42. The molecule has 0 saturated heterocycles. The van der Waals surface area contributed by atoms with E-state index in [0.29, 0.717) is 6.54 Å². The van der Waals surface area contributed by atoms with E-state index in [1.165, 1.54) is 5.56 Å². The predicted molar refractivity (Wildman–Crippen MR) is 105 cm³/mol. The second kappa shape index (κ2) is 7.02. The van der Waals surface area contributed by atoms with Crippen molar-refractivity contribution >= 4 is 10.9 Å². The molecule has 3 aromatic carbocycles. The van der Waals surface area contributed by atoms with Crippen LogP contribution in [0.1, 0.15) is 17.2 Å². The van der Waals surface area contributed by atoms with Gasteiger partial charge in [0, 0.05) is 17.5 Å². The summed E-state index contributed by atoms with van der Waals surface area (Å²) in [6.45, 7) is 2.49. The smallest absolute Gasteiger partial charge is 0.136 e. The Labute approximate surface area is 152 Å². The molecule has 4 heteroatoms. The van der Waals surface area contributed by atoms with Crippen LogP contribution >= 0.6 is 0 Å². The van der Waals surface area contributed by atoms with Crippen LogP contribution in [0.3, 0.4) is 0 Å². The molecular weight excluding hydrogens is 322 g/mol. The average Bonchev–Trinajstić information content (AvgIpc) is 3.16. The molecule has 0 radical (unpaired) electrons. The van der Waals surface area contributed by atoms with E-state index in [2.05, 4.69) is 41.4 Å². The topological polar surface area (TPSA) is 63.9 Å². The molecule has 130 valence electrons. The fraction of sp³-hybridized carbons (Fsp3) is 0.136. The summed E-state index contributed by atoms with van der Waals surface area (Å²) in [6.07, 6.45) is 1.64. The number of nitrogens with zero attached hydrogens (tertiary/aromatic N) is 1. The van der Waals surface area contributed by atoms with E-state index in [1.807, 2.05) is 48.7 Å². The number of rotatable bonds is 5. The first-order chi connectivity index (χ1) is 12.8. The van der Waals surface area contributed by atoms with Crippen molar-refractivity contribution in [2.45, 2.75) is 13.0 Å². The third-order valence-corrected chi connectivity index (χ3v) is 4.58. The third kappa shape index (κ3) is 3.07. The molecule has 0 saturated carbocycles. The largest absolute Gasteiger partial charge is 0.484 e. The number of aromatic amines is 1. The highest BCUT2D eigenvalue weighted by Crippen LogP contribution is 2.38. The number of ether oxygens (including phenoxy) is 1. The lowest BCUT2D eigenvalue weighted by molar-refractivity contribution is 0.215. The summed E-state index contributed by atoms with van der Waals surface area (Å²) in [5.41, 5.74) is 11.4. The minimum atomic E-state index is -0.204. The zero-order valence-electron chi connectivity index (χ0n) is 14.6. The Hall–Kier alpha value is -3.11. The van der Waals surface area contributed by atoms with Crippen LogP contribution in [-0.4, -0.2) is 16.7 Å². The number of nitrogens with one attached hydrogen (secondary N) is 1. The maximum atomic E-state index is 6.38. The summed E-state index contributed by atoms with van der Waals surface area (Å²) < 4.78 is 6.38. The lowest BCUT2D eigenvalue weighted by Crippen LogP contribution is -2.18. The van der Waals surface area contributed by atoms with Crippen molar-refractivity contribution in [1.82, 2.24) is 10.2 Å². The van der Waals surface area contributed by atoms with Gasteiger partial charge in [-0.3, -0.25) is 5.10 Å². The minimum absolute atomic E-state index is 0.204. The number of fused-ring (bicyclic) bond motifs is 1. The standard InChI is InChI=1S/C22H21N3O/c1-15-7-9-17(10-8-15)22-18-14-24-25-19(18)11-12-20(22)26-21(13-23)16-5-3-2-4-6-16/h2-12,14,21H,13,23H2,1H3,(H,24,25). The number of benzene rings is 3. The molecule has 0 aliphatic carbocycles. The fourth-order valence-corrected chi connectivity index (χ4v) is 3.19. The van der Waals surface area contributed by atoms with E-state index < -0.39 is 0 Å². The van der Waals surface area contributed by atoms with Crippen molar-refractivity contribution in [1.29, 1.82) is 0 Å². The first-order valence-corrected chi connectivity index (χ1v) is 8.71. The highest BCUT2D eigenvalue weighted by molar-refractivity contribution is 5.97. The Morgan fingerprint density at radius 2 is 1.77 bits per heavy atom. The van der Waals surface area contributed by atoms with Crippen LogP contribution in [0.2, 0.25) is 0 Å². The monoisotopic (exact) mass is 343 g/mol. The Bertz CT molecular complexity index is 1010. The van der Waals surface area contributed by atoms with Gasteiger partial charge in [-0.15, -0.1) is 0 Å². The van der Waals surface area contributed by atoms with Gasteiger partial charge in [-0.2, -0.15) is 5.10 Å². The molecule has 3 N–H and O–H groups in total. The van der Waals surface area contributed by atoms with Crippen LogP contribution in [0.15, 0.2) is 72.9 Å². The van der Waals surface area contributed by atoms with Gasteiger partial charge in [0.15, 0.2) is 0 Å². The van der Waals surface area contributed by atoms with Crippen LogP contribution in [-0.2, 0) is 0 Å². The number of hydrogen-bond donors (Lipinski definition) is 2. The van der Waals surface area contributed by atoms with Gasteiger partial charge >= 0.3 is 0 Å². The van der Waals surface area contributed by atoms with E-state index in [4.69, 9.17) is 10.5 Å². The first-order valence-electron chi connectivity index (χ1n) is 8.71. The number of aryl methyl sites for hydroxylation is 1. The zero-order valence-corrected chi connectivity index (χ0v) is 14.6. The van der Waals surface area contributed by atoms with Crippen molar-refractivity contribution in [3.05, 3.63) is 84.1 Å². The number of hydrogen-bond acceptors (Lipinski definition) is 3. The van der Waals surface area contributed by atoms with E-state index in [0.717, 1.165) is 33.3 Å². The van der Waals surface area contributed by atoms with E-state index >= 15 is 0 Å². The SMILES string of the molecule is Cc1ccc(-c2c(OC(CN)c3ccccc3)ccc3[nH]ncc23)cc1. The summed E-state index contributed by atoms with van der Waals surface area (Å²) >= 11 is 0. The molecule has 1 unspecified atom stereocenters. The van der Waals surface area contributed by atoms with Crippen molar-refractivity contribution in [3.63, 3.8) is 0 Å². The van der Waals surface area contributed by atoms with Crippen molar-refractivity contribution in [2.24, 2.45) is 5.73 Å². The van der Waals surface area contributed by atoms with Crippen molar-refractivity contribution < 1.29 is 4.74 Å². The Morgan fingerprint density at radius 3 is 2.50 bits per heavy atom. The van der Waals surface area contributed by atoms with E-state index in [1.54, 1.807) is 0 Å². The highest BCUT2D eigenvalue weighted by Gasteiger charge is 2.17.